The van der Waals surface area contributed by atoms with Crippen LogP contribution < -0.4 is 0 Å². The third-order valence-corrected chi connectivity index (χ3v) is 5.16. The van der Waals surface area contributed by atoms with E-state index < -0.39 is 0 Å². The predicted octanol–water partition coefficient (Wildman–Crippen LogP) is 1.73. The van der Waals surface area contributed by atoms with Crippen molar-refractivity contribution in [1.29, 1.82) is 0 Å². The highest BCUT2D eigenvalue weighted by Gasteiger charge is 2.32. The Kier molecular flexibility index (Phi) is 5.51. The van der Waals surface area contributed by atoms with Crippen LogP contribution in [-0.2, 0) is 16.1 Å². The zero-order chi connectivity index (χ0) is 16.9. The van der Waals surface area contributed by atoms with Crippen LogP contribution >= 0.6 is 0 Å². The summed E-state index contributed by atoms with van der Waals surface area (Å²) in [6.07, 6.45) is 3.16. The Balaban J connectivity index is 1.50. The van der Waals surface area contributed by atoms with Crippen LogP contribution in [0.15, 0.2) is 30.3 Å². The minimum absolute atomic E-state index is 0.189. The molecule has 0 spiro atoms. The van der Waals surface area contributed by atoms with E-state index in [1.807, 2.05) is 25.1 Å². The molecular formula is C19H27N3O2. The number of carbonyl (C=O) groups is 2. The molecule has 3 rings (SSSR count). The Labute approximate surface area is 144 Å². The third-order valence-electron chi connectivity index (χ3n) is 5.16. The standard InChI is InChI=1S/C19H27N3O2/c1-16-7-5-6-10-22(16)19(24)18(23)21-13-11-20(12-14-21)15-17-8-3-2-4-9-17/h2-4,8-9,16H,5-7,10-15H2,1H3. The Morgan fingerprint density at radius 2 is 1.67 bits per heavy atom. The number of likely N-dealkylation sites (tertiary alicyclic amines) is 1. The van der Waals surface area contributed by atoms with Gasteiger partial charge in [-0.25, -0.2) is 0 Å². The molecular weight excluding hydrogens is 302 g/mol. The second-order valence-corrected chi connectivity index (χ2v) is 6.90. The van der Waals surface area contributed by atoms with Crippen molar-refractivity contribution in [2.75, 3.05) is 32.7 Å². The molecule has 1 unspecified atom stereocenters. The summed E-state index contributed by atoms with van der Waals surface area (Å²) < 4.78 is 0. The molecule has 1 aromatic rings. The van der Waals surface area contributed by atoms with Crippen LogP contribution in [0.5, 0.6) is 0 Å². The van der Waals surface area contributed by atoms with Gasteiger partial charge in [0.05, 0.1) is 0 Å². The summed E-state index contributed by atoms with van der Waals surface area (Å²) in [5.74, 6) is -0.623. The van der Waals surface area contributed by atoms with Gasteiger partial charge in [-0.3, -0.25) is 14.5 Å². The molecule has 130 valence electrons. The fourth-order valence-corrected chi connectivity index (χ4v) is 3.61. The molecule has 0 N–H and O–H groups in total. The van der Waals surface area contributed by atoms with E-state index in [1.54, 1.807) is 9.80 Å². The first kappa shape index (κ1) is 17.0. The zero-order valence-electron chi connectivity index (χ0n) is 14.5. The summed E-state index contributed by atoms with van der Waals surface area (Å²) in [5, 5.41) is 0. The molecule has 2 aliphatic rings. The van der Waals surface area contributed by atoms with Crippen molar-refractivity contribution in [3.8, 4) is 0 Å². The van der Waals surface area contributed by atoms with Gasteiger partial charge in [-0.1, -0.05) is 30.3 Å². The monoisotopic (exact) mass is 329 g/mol. The molecule has 0 aromatic heterocycles. The van der Waals surface area contributed by atoms with Gasteiger partial charge in [-0.2, -0.15) is 0 Å². The first-order chi connectivity index (χ1) is 11.6. The highest BCUT2D eigenvalue weighted by molar-refractivity contribution is 6.35. The maximum atomic E-state index is 12.5. The fourth-order valence-electron chi connectivity index (χ4n) is 3.61. The van der Waals surface area contributed by atoms with Gasteiger partial charge in [-0.05, 0) is 31.7 Å². The lowest BCUT2D eigenvalue weighted by Crippen LogP contribution is -2.55. The quantitative estimate of drug-likeness (QED) is 0.776. The van der Waals surface area contributed by atoms with Crippen molar-refractivity contribution < 1.29 is 9.59 Å². The maximum absolute atomic E-state index is 12.5. The molecule has 0 aliphatic carbocycles. The van der Waals surface area contributed by atoms with E-state index in [1.165, 1.54) is 5.56 Å². The fraction of sp³-hybridized carbons (Fsp3) is 0.579. The number of piperazine rings is 1. The average Bonchev–Trinajstić information content (AvgIpc) is 2.62. The van der Waals surface area contributed by atoms with E-state index in [0.29, 0.717) is 13.1 Å². The number of rotatable bonds is 2. The summed E-state index contributed by atoms with van der Waals surface area (Å²) >= 11 is 0. The van der Waals surface area contributed by atoms with E-state index in [4.69, 9.17) is 0 Å². The molecule has 2 amide bonds. The smallest absolute Gasteiger partial charge is 0.312 e. The lowest BCUT2D eigenvalue weighted by atomic mass is 10.0. The Bertz CT molecular complexity index is 567. The lowest BCUT2D eigenvalue weighted by Gasteiger charge is -2.37. The van der Waals surface area contributed by atoms with Crippen molar-refractivity contribution in [2.45, 2.75) is 38.8 Å². The molecule has 5 nitrogen and oxygen atoms in total. The summed E-state index contributed by atoms with van der Waals surface area (Å²) in [5.41, 5.74) is 1.29. The molecule has 1 atom stereocenters. The van der Waals surface area contributed by atoms with Gasteiger partial charge in [0.2, 0.25) is 0 Å². The van der Waals surface area contributed by atoms with Gasteiger partial charge in [-0.15, -0.1) is 0 Å². The number of hydrogen-bond donors (Lipinski definition) is 0. The molecule has 5 heteroatoms. The van der Waals surface area contributed by atoms with E-state index in [-0.39, 0.29) is 17.9 Å². The van der Waals surface area contributed by atoms with Crippen molar-refractivity contribution in [3.63, 3.8) is 0 Å². The van der Waals surface area contributed by atoms with Crippen molar-refractivity contribution in [2.24, 2.45) is 0 Å². The number of carbonyl (C=O) groups excluding carboxylic acids is 2. The minimum atomic E-state index is -0.317. The highest BCUT2D eigenvalue weighted by Crippen LogP contribution is 2.17. The highest BCUT2D eigenvalue weighted by atomic mass is 16.2. The Morgan fingerprint density at radius 3 is 2.33 bits per heavy atom. The molecule has 24 heavy (non-hydrogen) atoms. The first-order valence-electron chi connectivity index (χ1n) is 9.01. The SMILES string of the molecule is CC1CCCCN1C(=O)C(=O)N1CCN(Cc2ccccc2)CC1. The molecule has 2 fully saturated rings. The minimum Gasteiger partial charge on any atom is -0.332 e. The third kappa shape index (κ3) is 3.96. The Hall–Kier alpha value is -1.88. The molecule has 2 aliphatic heterocycles. The summed E-state index contributed by atoms with van der Waals surface area (Å²) in [7, 11) is 0. The molecule has 1 aromatic carbocycles. The lowest BCUT2D eigenvalue weighted by molar-refractivity contribution is -0.154. The number of nitrogens with zero attached hydrogens (tertiary/aromatic N) is 3. The van der Waals surface area contributed by atoms with Gasteiger partial charge < -0.3 is 9.80 Å². The topological polar surface area (TPSA) is 43.9 Å². The zero-order valence-corrected chi connectivity index (χ0v) is 14.5. The van der Waals surface area contributed by atoms with Gasteiger partial charge in [0, 0.05) is 45.3 Å². The van der Waals surface area contributed by atoms with Crippen LogP contribution in [-0.4, -0.2) is 65.3 Å². The van der Waals surface area contributed by atoms with Crippen molar-refractivity contribution in [1.82, 2.24) is 14.7 Å². The van der Waals surface area contributed by atoms with Crippen LogP contribution in [0.4, 0.5) is 0 Å². The number of piperidine rings is 1. The van der Waals surface area contributed by atoms with Gasteiger partial charge >= 0.3 is 11.8 Å². The molecule has 2 saturated heterocycles. The van der Waals surface area contributed by atoms with Gasteiger partial charge in [0.25, 0.3) is 0 Å². The summed E-state index contributed by atoms with van der Waals surface area (Å²) in [6, 6.07) is 10.6. The average molecular weight is 329 g/mol. The molecule has 0 bridgehead atoms. The van der Waals surface area contributed by atoms with Crippen molar-refractivity contribution >= 4 is 11.8 Å². The Morgan fingerprint density at radius 1 is 0.958 bits per heavy atom. The molecule has 0 saturated carbocycles. The van der Waals surface area contributed by atoms with E-state index in [2.05, 4.69) is 17.0 Å². The van der Waals surface area contributed by atoms with Crippen LogP contribution in [0.2, 0.25) is 0 Å². The normalized spacial score (nSPS) is 22.5. The van der Waals surface area contributed by atoms with E-state index >= 15 is 0 Å². The largest absolute Gasteiger partial charge is 0.332 e. The number of hydrogen-bond acceptors (Lipinski definition) is 3. The second-order valence-electron chi connectivity index (χ2n) is 6.90. The van der Waals surface area contributed by atoms with E-state index in [0.717, 1.165) is 45.4 Å². The molecule has 2 heterocycles. The number of amides is 2. The van der Waals surface area contributed by atoms with Crippen LogP contribution in [0.1, 0.15) is 31.7 Å². The maximum Gasteiger partial charge on any atom is 0.312 e. The molecule has 0 radical (unpaired) electrons. The van der Waals surface area contributed by atoms with Crippen LogP contribution in [0, 0.1) is 0 Å². The first-order valence-corrected chi connectivity index (χ1v) is 9.01. The summed E-state index contributed by atoms with van der Waals surface area (Å²) in [4.78, 5) is 30.9. The summed E-state index contributed by atoms with van der Waals surface area (Å²) in [6.45, 7) is 6.59. The van der Waals surface area contributed by atoms with Crippen LogP contribution in [0.3, 0.4) is 0 Å². The van der Waals surface area contributed by atoms with E-state index in [9.17, 15) is 9.59 Å². The van der Waals surface area contributed by atoms with Crippen molar-refractivity contribution in [3.05, 3.63) is 35.9 Å². The van der Waals surface area contributed by atoms with Gasteiger partial charge in [0.15, 0.2) is 0 Å². The number of benzene rings is 1. The van der Waals surface area contributed by atoms with Gasteiger partial charge in [0.1, 0.15) is 0 Å². The predicted molar refractivity (Wildman–Crippen MR) is 93.3 cm³/mol. The second kappa shape index (κ2) is 7.79. The van der Waals surface area contributed by atoms with Crippen LogP contribution in [0.25, 0.3) is 0 Å².